The summed E-state index contributed by atoms with van der Waals surface area (Å²) in [5, 5.41) is 7.34. The molecule has 19 heavy (non-hydrogen) atoms. The number of aliphatic carboxylic acids is 1. The van der Waals surface area contributed by atoms with Crippen molar-refractivity contribution in [1.82, 2.24) is 0 Å². The molecule has 0 aliphatic rings. The molecular weight excluding hydrogens is 288 g/mol. The fraction of sp³-hybridized carbons (Fsp3) is 0.600. The normalized spacial score (nSPS) is 15.5. The predicted octanol–water partition coefficient (Wildman–Crippen LogP) is 0.316. The van der Waals surface area contributed by atoms with E-state index < -0.39 is 45.7 Å². The fourth-order valence-corrected chi connectivity index (χ4v) is 2.21. The Kier molecular flexibility index (Phi) is 9.26. The third-order valence-electron chi connectivity index (χ3n) is 2.55. The molecule has 3 atom stereocenters. The van der Waals surface area contributed by atoms with Gasteiger partial charge < -0.3 is 12.7 Å². The van der Waals surface area contributed by atoms with Gasteiger partial charge in [0.25, 0.3) is 10.1 Å². The van der Waals surface area contributed by atoms with Crippen molar-refractivity contribution in [1.29, 1.82) is 0 Å². The Morgan fingerprint density at radius 1 is 1.42 bits per heavy atom. The monoisotopic (exact) mass is 306 g/mol. The summed E-state index contributed by atoms with van der Waals surface area (Å²) in [6.45, 7) is 5.68. The average Bonchev–Trinajstić information content (AvgIpc) is 2.22. The Morgan fingerprint density at radius 2 is 1.89 bits per heavy atom. The van der Waals surface area contributed by atoms with Crippen molar-refractivity contribution in [2.75, 3.05) is 0 Å². The summed E-state index contributed by atoms with van der Waals surface area (Å²) in [6, 6.07) is 0. The number of carboxylic acids is 1. The molecule has 0 saturated carbocycles. The second kappa shape index (κ2) is 8.51. The molecule has 0 amide bonds. The number of esters is 1. The van der Waals surface area contributed by atoms with E-state index in [1.54, 1.807) is 0 Å². The van der Waals surface area contributed by atoms with Crippen molar-refractivity contribution in [3.8, 4) is 0 Å². The smallest absolute Gasteiger partial charge is 1.00 e. The SMILES string of the molecule is C=CC(=O)OC(C)C(CC(=O)O)C(C)S(=O)(=O)O.[H-].[H-].[Mg+2]. The number of rotatable bonds is 7. The van der Waals surface area contributed by atoms with Gasteiger partial charge in [0, 0.05) is 12.0 Å². The summed E-state index contributed by atoms with van der Waals surface area (Å²) in [6.07, 6.45) is -0.651. The van der Waals surface area contributed by atoms with Gasteiger partial charge in [-0.1, -0.05) is 6.58 Å². The Hall–Kier alpha value is -0.644. The minimum absolute atomic E-state index is 0. The number of carbonyl (C=O) groups excluding carboxylic acids is 1. The summed E-state index contributed by atoms with van der Waals surface area (Å²) < 4.78 is 35.7. The predicted molar refractivity (Wildman–Crippen MR) is 70.5 cm³/mol. The average molecular weight is 307 g/mol. The molecule has 0 fully saturated rings. The molecule has 0 aromatic carbocycles. The molecule has 2 N–H and O–H groups in total. The Balaban J connectivity index is -0.000000482. The van der Waals surface area contributed by atoms with Gasteiger partial charge in [-0.15, -0.1) is 0 Å². The van der Waals surface area contributed by atoms with Gasteiger partial charge in [-0.05, 0) is 13.8 Å². The van der Waals surface area contributed by atoms with E-state index in [0.29, 0.717) is 0 Å². The summed E-state index contributed by atoms with van der Waals surface area (Å²) in [5.41, 5.74) is 0. The van der Waals surface area contributed by atoms with Crippen molar-refractivity contribution in [2.45, 2.75) is 31.6 Å². The zero-order valence-corrected chi connectivity index (χ0v) is 13.0. The first kappa shape index (κ1) is 20.7. The van der Waals surface area contributed by atoms with E-state index in [9.17, 15) is 18.0 Å². The minimum atomic E-state index is -4.42. The van der Waals surface area contributed by atoms with Crippen molar-refractivity contribution >= 4 is 45.1 Å². The molecule has 0 saturated heterocycles. The zero-order valence-electron chi connectivity index (χ0n) is 12.8. The largest absolute Gasteiger partial charge is 2.00 e. The first-order chi connectivity index (χ1) is 8.09. The number of hydrogen-bond donors (Lipinski definition) is 2. The maximum Gasteiger partial charge on any atom is 2.00 e. The van der Waals surface area contributed by atoms with Crippen LogP contribution in [-0.4, -0.2) is 64.4 Å². The van der Waals surface area contributed by atoms with Crippen LogP contribution in [0.1, 0.15) is 23.1 Å². The number of hydrogen-bond acceptors (Lipinski definition) is 5. The van der Waals surface area contributed by atoms with Crippen LogP contribution in [-0.2, 0) is 24.4 Å². The van der Waals surface area contributed by atoms with Crippen LogP contribution in [0, 0.1) is 5.92 Å². The van der Waals surface area contributed by atoms with E-state index in [0.717, 1.165) is 13.0 Å². The molecule has 7 nitrogen and oxygen atoms in total. The van der Waals surface area contributed by atoms with Gasteiger partial charge in [0.1, 0.15) is 6.10 Å². The van der Waals surface area contributed by atoms with Crippen LogP contribution in [0.15, 0.2) is 12.7 Å². The van der Waals surface area contributed by atoms with E-state index in [4.69, 9.17) is 14.4 Å². The second-order valence-electron chi connectivity index (χ2n) is 3.83. The van der Waals surface area contributed by atoms with Crippen LogP contribution < -0.4 is 0 Å². The fourth-order valence-electron chi connectivity index (χ4n) is 1.45. The second-order valence-corrected chi connectivity index (χ2v) is 5.60. The summed E-state index contributed by atoms with van der Waals surface area (Å²) in [4.78, 5) is 21.6. The maximum absolute atomic E-state index is 11.0. The summed E-state index contributed by atoms with van der Waals surface area (Å²) >= 11 is 0. The van der Waals surface area contributed by atoms with Crippen molar-refractivity contribution in [3.63, 3.8) is 0 Å². The molecule has 0 radical (unpaired) electrons. The van der Waals surface area contributed by atoms with Crippen LogP contribution in [0.2, 0.25) is 0 Å². The van der Waals surface area contributed by atoms with Crippen LogP contribution in [0.5, 0.6) is 0 Å². The standard InChI is InChI=1S/C10H16O7S.Mg.2H/c1-4-10(13)17-6(2)8(5-9(11)12)7(3)18(14,15)16;;;/h4,6-8H,1,5H2,2-3H3,(H,11,12)(H,14,15,16);;;/q;+2;2*-1. The maximum atomic E-state index is 11.0. The van der Waals surface area contributed by atoms with Crippen LogP contribution >= 0.6 is 0 Å². The molecule has 0 rings (SSSR count). The quantitative estimate of drug-likeness (QED) is 0.301. The zero-order chi connectivity index (χ0) is 14.5. The molecule has 0 aromatic rings. The van der Waals surface area contributed by atoms with Crippen LogP contribution in [0.4, 0.5) is 0 Å². The Morgan fingerprint density at radius 3 is 2.21 bits per heavy atom. The van der Waals surface area contributed by atoms with E-state index in [1.165, 1.54) is 6.92 Å². The topological polar surface area (TPSA) is 118 Å². The molecular formula is C10H18MgO7S. The van der Waals surface area contributed by atoms with E-state index in [2.05, 4.69) is 6.58 Å². The van der Waals surface area contributed by atoms with E-state index in [-0.39, 0.29) is 25.9 Å². The number of carbonyl (C=O) groups is 2. The molecule has 0 aromatic heterocycles. The van der Waals surface area contributed by atoms with Crippen LogP contribution in [0.25, 0.3) is 0 Å². The summed E-state index contributed by atoms with van der Waals surface area (Å²) in [5.74, 6) is -3.10. The van der Waals surface area contributed by atoms with Crippen LogP contribution in [0.3, 0.4) is 0 Å². The van der Waals surface area contributed by atoms with Gasteiger partial charge in [0.2, 0.25) is 0 Å². The molecule has 108 valence electrons. The molecule has 0 spiro atoms. The van der Waals surface area contributed by atoms with Gasteiger partial charge in [0.05, 0.1) is 11.7 Å². The Labute approximate surface area is 130 Å². The molecule has 0 aliphatic heterocycles. The molecule has 0 bridgehead atoms. The molecule has 3 unspecified atom stereocenters. The van der Waals surface area contributed by atoms with Gasteiger partial charge >= 0.3 is 35.0 Å². The molecule has 0 heterocycles. The minimum Gasteiger partial charge on any atom is -1.00 e. The summed E-state index contributed by atoms with van der Waals surface area (Å²) in [7, 11) is -4.42. The number of ether oxygens (including phenoxy) is 1. The molecule has 0 aliphatic carbocycles. The van der Waals surface area contributed by atoms with Crippen molar-refractivity contribution < 1.29 is 35.3 Å². The Bertz CT molecular complexity index is 441. The van der Waals surface area contributed by atoms with Gasteiger partial charge in [-0.2, -0.15) is 8.42 Å². The van der Waals surface area contributed by atoms with Gasteiger partial charge in [-0.3, -0.25) is 9.35 Å². The van der Waals surface area contributed by atoms with Crippen molar-refractivity contribution in [3.05, 3.63) is 12.7 Å². The van der Waals surface area contributed by atoms with Crippen molar-refractivity contribution in [2.24, 2.45) is 5.92 Å². The first-order valence-corrected chi connectivity index (χ1v) is 6.61. The van der Waals surface area contributed by atoms with Gasteiger partial charge in [-0.25, -0.2) is 4.79 Å². The third-order valence-corrected chi connectivity index (χ3v) is 3.84. The first-order valence-electron chi connectivity index (χ1n) is 5.10. The third kappa shape index (κ3) is 7.50. The number of carboxylic acid groups (broad SMARTS) is 1. The molecule has 9 heteroatoms. The van der Waals surface area contributed by atoms with E-state index in [1.807, 2.05) is 0 Å². The van der Waals surface area contributed by atoms with Gasteiger partial charge in [0.15, 0.2) is 0 Å². The van der Waals surface area contributed by atoms with E-state index >= 15 is 0 Å².